The van der Waals surface area contributed by atoms with Crippen molar-refractivity contribution in [2.45, 2.75) is 25.0 Å². The Morgan fingerprint density at radius 1 is 1.24 bits per heavy atom. The third-order valence-electron chi connectivity index (χ3n) is 3.81. The van der Waals surface area contributed by atoms with Crippen molar-refractivity contribution in [3.63, 3.8) is 0 Å². The first kappa shape index (κ1) is 13.7. The molecule has 0 saturated carbocycles. The maximum Gasteiger partial charge on any atom is 0.263 e. The summed E-state index contributed by atoms with van der Waals surface area (Å²) in [6.07, 6.45) is 0.173. The van der Waals surface area contributed by atoms with Gasteiger partial charge in [0.25, 0.3) is 17.7 Å². The molecule has 2 unspecified atom stereocenters. The first-order valence-corrected chi connectivity index (χ1v) is 6.73. The Balaban J connectivity index is 1.69. The number of nitrogens with zero attached hydrogens (tertiary/aromatic N) is 1. The van der Waals surface area contributed by atoms with Crippen LogP contribution in [-0.4, -0.2) is 41.4 Å². The van der Waals surface area contributed by atoms with Gasteiger partial charge in [0.05, 0.1) is 23.8 Å². The van der Waals surface area contributed by atoms with Crippen molar-refractivity contribution >= 4 is 17.7 Å². The summed E-state index contributed by atoms with van der Waals surface area (Å²) in [5, 5.41) is 0. The number of amides is 3. The summed E-state index contributed by atoms with van der Waals surface area (Å²) in [5.41, 5.74) is 2.87. The van der Waals surface area contributed by atoms with E-state index in [1.54, 1.807) is 24.3 Å². The number of carbonyl (C=O) groups is 3. The molecule has 2 heterocycles. The average molecular weight is 289 g/mol. The summed E-state index contributed by atoms with van der Waals surface area (Å²) in [5.74, 6) is 4.05. The molecule has 0 spiro atoms. The Bertz CT molecular complexity index is 581. The molecule has 2 atom stereocenters. The van der Waals surface area contributed by atoms with Crippen molar-refractivity contribution in [2.75, 3.05) is 6.54 Å². The molecular weight excluding hydrogens is 274 g/mol. The summed E-state index contributed by atoms with van der Waals surface area (Å²) in [7, 11) is 0. The molecule has 21 heavy (non-hydrogen) atoms. The van der Waals surface area contributed by atoms with Crippen LogP contribution in [0.15, 0.2) is 24.3 Å². The van der Waals surface area contributed by atoms with Gasteiger partial charge in [-0.25, -0.2) is 5.84 Å². The molecule has 110 valence electrons. The maximum absolute atomic E-state index is 12.2. The van der Waals surface area contributed by atoms with Gasteiger partial charge in [-0.2, -0.15) is 0 Å². The lowest BCUT2D eigenvalue weighted by atomic mass is 10.1. The van der Waals surface area contributed by atoms with E-state index in [1.165, 1.54) is 4.90 Å². The highest BCUT2D eigenvalue weighted by atomic mass is 16.5. The van der Waals surface area contributed by atoms with E-state index < -0.39 is 6.10 Å². The van der Waals surface area contributed by atoms with Gasteiger partial charge >= 0.3 is 0 Å². The fraction of sp³-hybridized carbons (Fsp3) is 0.357. The van der Waals surface area contributed by atoms with Crippen molar-refractivity contribution in [2.24, 2.45) is 5.84 Å². The van der Waals surface area contributed by atoms with Gasteiger partial charge in [0.2, 0.25) is 0 Å². The van der Waals surface area contributed by atoms with Crippen molar-refractivity contribution in [3.05, 3.63) is 35.4 Å². The number of hydrogen-bond donors (Lipinski definition) is 2. The highest BCUT2D eigenvalue weighted by Crippen LogP contribution is 2.26. The first-order chi connectivity index (χ1) is 10.1. The fourth-order valence-electron chi connectivity index (χ4n) is 2.73. The lowest BCUT2D eigenvalue weighted by Gasteiger charge is -2.19. The zero-order valence-corrected chi connectivity index (χ0v) is 11.2. The zero-order valence-electron chi connectivity index (χ0n) is 11.2. The van der Waals surface area contributed by atoms with Crippen LogP contribution in [0.1, 0.15) is 33.6 Å². The normalized spacial score (nSPS) is 24.3. The van der Waals surface area contributed by atoms with Crippen LogP contribution in [0, 0.1) is 0 Å². The van der Waals surface area contributed by atoms with E-state index in [-0.39, 0.29) is 30.4 Å². The predicted molar refractivity (Wildman–Crippen MR) is 72.0 cm³/mol. The number of nitrogens with two attached hydrogens (primary N) is 1. The second-order valence-corrected chi connectivity index (χ2v) is 5.10. The zero-order chi connectivity index (χ0) is 15.0. The van der Waals surface area contributed by atoms with Crippen LogP contribution in [0.5, 0.6) is 0 Å². The van der Waals surface area contributed by atoms with Gasteiger partial charge in [0.15, 0.2) is 0 Å². The number of imide groups is 1. The summed E-state index contributed by atoms with van der Waals surface area (Å²) in [6.45, 7) is 0.153. The maximum atomic E-state index is 12.2. The second-order valence-electron chi connectivity index (χ2n) is 5.10. The lowest BCUT2D eigenvalue weighted by Crippen LogP contribution is -2.41. The molecule has 0 radical (unpaired) electrons. The molecule has 7 nitrogen and oxygen atoms in total. The van der Waals surface area contributed by atoms with E-state index in [4.69, 9.17) is 10.6 Å². The Morgan fingerprint density at radius 3 is 2.43 bits per heavy atom. The molecule has 0 aromatic heterocycles. The minimum atomic E-state index is -0.616. The Morgan fingerprint density at radius 2 is 1.86 bits per heavy atom. The number of carbonyl (C=O) groups excluding carboxylic acids is 3. The van der Waals surface area contributed by atoms with E-state index in [1.807, 2.05) is 5.43 Å². The Kier molecular flexibility index (Phi) is 3.44. The van der Waals surface area contributed by atoms with Gasteiger partial charge in [-0.3, -0.25) is 24.7 Å². The molecule has 1 saturated heterocycles. The molecule has 1 fully saturated rings. The second kappa shape index (κ2) is 5.27. The molecule has 7 heteroatoms. The Hall–Kier alpha value is -2.25. The molecule has 3 N–H and O–H groups in total. The summed E-state index contributed by atoms with van der Waals surface area (Å²) >= 11 is 0. The summed E-state index contributed by atoms with van der Waals surface area (Å²) in [6, 6.07) is 6.72. The summed E-state index contributed by atoms with van der Waals surface area (Å²) in [4.78, 5) is 37.0. The largest absolute Gasteiger partial charge is 0.363 e. The number of fused-ring (bicyclic) bond motifs is 1. The van der Waals surface area contributed by atoms with Gasteiger partial charge in [0, 0.05) is 0 Å². The number of rotatable bonds is 3. The van der Waals surface area contributed by atoms with E-state index in [9.17, 15) is 14.4 Å². The van der Waals surface area contributed by atoms with Crippen LogP contribution in [-0.2, 0) is 9.53 Å². The van der Waals surface area contributed by atoms with Gasteiger partial charge in [-0.15, -0.1) is 0 Å². The average Bonchev–Trinajstić information content (AvgIpc) is 3.07. The third-order valence-corrected chi connectivity index (χ3v) is 3.81. The number of benzene rings is 1. The van der Waals surface area contributed by atoms with Crippen LogP contribution >= 0.6 is 0 Å². The van der Waals surface area contributed by atoms with Crippen LogP contribution in [0.2, 0.25) is 0 Å². The first-order valence-electron chi connectivity index (χ1n) is 6.73. The number of hydrazine groups is 1. The van der Waals surface area contributed by atoms with E-state index in [0.29, 0.717) is 24.0 Å². The summed E-state index contributed by atoms with van der Waals surface area (Å²) < 4.78 is 5.53. The van der Waals surface area contributed by atoms with Crippen molar-refractivity contribution in [3.8, 4) is 0 Å². The molecule has 0 bridgehead atoms. The van der Waals surface area contributed by atoms with Crippen LogP contribution in [0.4, 0.5) is 0 Å². The predicted octanol–water partition coefficient (Wildman–Crippen LogP) is -0.180. The molecule has 2 aliphatic rings. The molecule has 0 aliphatic carbocycles. The van der Waals surface area contributed by atoms with Gasteiger partial charge < -0.3 is 4.74 Å². The smallest absolute Gasteiger partial charge is 0.263 e. The molecule has 1 aromatic rings. The quantitative estimate of drug-likeness (QED) is 0.348. The molecule has 1 aromatic carbocycles. The highest BCUT2D eigenvalue weighted by Gasteiger charge is 2.39. The lowest BCUT2D eigenvalue weighted by molar-refractivity contribution is -0.132. The number of ether oxygens (including phenoxy) is 1. The van der Waals surface area contributed by atoms with Crippen LogP contribution in [0.25, 0.3) is 0 Å². The van der Waals surface area contributed by atoms with Crippen molar-refractivity contribution in [1.29, 1.82) is 0 Å². The molecule has 3 amide bonds. The minimum absolute atomic E-state index is 0.153. The van der Waals surface area contributed by atoms with Crippen LogP contribution < -0.4 is 11.3 Å². The topological polar surface area (TPSA) is 102 Å². The molecule has 2 aliphatic heterocycles. The third kappa shape index (κ3) is 2.30. The van der Waals surface area contributed by atoms with E-state index in [0.717, 1.165) is 0 Å². The SMILES string of the molecule is NNC(=O)C1CCC(CN2C(=O)c3ccccc3C2=O)O1. The highest BCUT2D eigenvalue weighted by molar-refractivity contribution is 6.21. The fourth-order valence-corrected chi connectivity index (χ4v) is 2.73. The van der Waals surface area contributed by atoms with Crippen molar-refractivity contribution in [1.82, 2.24) is 10.3 Å². The van der Waals surface area contributed by atoms with Gasteiger partial charge in [0.1, 0.15) is 6.10 Å². The standard InChI is InChI=1S/C14H15N3O4/c15-16-12(18)11-6-5-8(21-11)7-17-13(19)9-3-1-2-4-10(9)14(17)20/h1-4,8,11H,5-7,15H2,(H,16,18). The van der Waals surface area contributed by atoms with Gasteiger partial charge in [-0.1, -0.05) is 12.1 Å². The van der Waals surface area contributed by atoms with Crippen molar-refractivity contribution < 1.29 is 19.1 Å². The Labute approximate surface area is 121 Å². The van der Waals surface area contributed by atoms with Crippen LogP contribution in [0.3, 0.4) is 0 Å². The monoisotopic (exact) mass is 289 g/mol. The minimum Gasteiger partial charge on any atom is -0.363 e. The van der Waals surface area contributed by atoms with E-state index in [2.05, 4.69) is 0 Å². The molecule has 3 rings (SSSR count). The van der Waals surface area contributed by atoms with E-state index >= 15 is 0 Å². The molecular formula is C14H15N3O4. The number of hydrogen-bond acceptors (Lipinski definition) is 5. The van der Waals surface area contributed by atoms with Gasteiger partial charge in [-0.05, 0) is 25.0 Å². The number of nitrogens with one attached hydrogen (secondary N) is 1.